The van der Waals surface area contributed by atoms with Crippen LogP contribution in [0.5, 0.6) is 5.75 Å². The topological polar surface area (TPSA) is 82.6 Å². The van der Waals surface area contributed by atoms with Crippen LogP contribution in [0.4, 0.5) is 5.69 Å². The normalized spacial score (nSPS) is 10.8. The highest BCUT2D eigenvalue weighted by molar-refractivity contribution is 5.94. The number of anilines is 1. The van der Waals surface area contributed by atoms with Gasteiger partial charge in [-0.15, -0.1) is 0 Å². The molecule has 0 spiro atoms. The summed E-state index contributed by atoms with van der Waals surface area (Å²) < 4.78 is 5.81. The second kappa shape index (κ2) is 10.3. The van der Waals surface area contributed by atoms with Crippen LogP contribution in [0.3, 0.4) is 0 Å². The molecule has 7 heteroatoms. The fraction of sp³-hybridized carbons (Fsp3) is 0.115. The maximum atomic E-state index is 12.4. The number of carbonyl (C=O) groups excluding carboxylic acids is 1. The van der Waals surface area contributed by atoms with E-state index in [1.807, 2.05) is 97.9 Å². The Morgan fingerprint density at radius 1 is 1.03 bits per heavy atom. The van der Waals surface area contributed by atoms with Gasteiger partial charge in [0.2, 0.25) is 0 Å². The smallest absolute Gasteiger partial charge is 0.289 e. The first-order chi connectivity index (χ1) is 16.1. The fourth-order valence-corrected chi connectivity index (χ4v) is 3.13. The summed E-state index contributed by atoms with van der Waals surface area (Å²) in [5.74, 6) is 0.404. The average Bonchev–Trinajstić information content (AvgIpc) is 3.34. The van der Waals surface area contributed by atoms with E-state index >= 15 is 0 Å². The van der Waals surface area contributed by atoms with Crippen molar-refractivity contribution in [1.29, 1.82) is 0 Å². The van der Waals surface area contributed by atoms with Crippen molar-refractivity contribution in [2.45, 2.75) is 6.61 Å². The maximum absolute atomic E-state index is 12.4. The largest absolute Gasteiger partial charge is 0.489 e. The van der Waals surface area contributed by atoms with Gasteiger partial charge in [-0.05, 0) is 53.6 Å². The molecule has 4 aromatic rings. The van der Waals surface area contributed by atoms with Crippen LogP contribution < -0.4 is 15.1 Å². The van der Waals surface area contributed by atoms with E-state index in [0.29, 0.717) is 18.0 Å². The SMILES string of the molecule is CN(C)c1ccc(/C=N/NC(=O)c2cc(-c3ccc(OCc4ccccc4)cc3)n[nH]2)cc1. The number of amides is 1. The van der Waals surface area contributed by atoms with Gasteiger partial charge in [-0.2, -0.15) is 10.2 Å². The van der Waals surface area contributed by atoms with Crippen LogP contribution in [0.25, 0.3) is 11.3 Å². The maximum Gasteiger partial charge on any atom is 0.289 e. The van der Waals surface area contributed by atoms with E-state index in [-0.39, 0.29) is 5.91 Å². The van der Waals surface area contributed by atoms with Gasteiger partial charge in [0.05, 0.1) is 11.9 Å². The van der Waals surface area contributed by atoms with E-state index in [1.165, 1.54) is 0 Å². The molecule has 0 saturated heterocycles. The lowest BCUT2D eigenvalue weighted by Gasteiger charge is -2.11. The molecule has 0 aliphatic heterocycles. The van der Waals surface area contributed by atoms with Gasteiger partial charge in [0.25, 0.3) is 5.91 Å². The molecular weight excluding hydrogens is 414 g/mol. The highest BCUT2D eigenvalue weighted by atomic mass is 16.5. The Bertz CT molecular complexity index is 1210. The third kappa shape index (κ3) is 5.86. The number of benzene rings is 3. The zero-order valence-electron chi connectivity index (χ0n) is 18.5. The molecule has 0 aliphatic rings. The fourth-order valence-electron chi connectivity index (χ4n) is 3.13. The summed E-state index contributed by atoms with van der Waals surface area (Å²) in [6.45, 7) is 0.507. The van der Waals surface area contributed by atoms with Gasteiger partial charge >= 0.3 is 0 Å². The number of hydrogen-bond acceptors (Lipinski definition) is 5. The Kier molecular flexibility index (Phi) is 6.80. The molecule has 7 nitrogen and oxygen atoms in total. The van der Waals surface area contributed by atoms with E-state index in [1.54, 1.807) is 12.3 Å². The lowest BCUT2D eigenvalue weighted by molar-refractivity contribution is 0.0950. The Morgan fingerprint density at radius 3 is 2.45 bits per heavy atom. The highest BCUT2D eigenvalue weighted by Crippen LogP contribution is 2.22. The summed E-state index contributed by atoms with van der Waals surface area (Å²) in [7, 11) is 3.96. The number of rotatable bonds is 8. The van der Waals surface area contributed by atoms with Crippen molar-refractivity contribution in [2.75, 3.05) is 19.0 Å². The number of ether oxygens (including phenoxy) is 1. The zero-order chi connectivity index (χ0) is 23.0. The summed E-state index contributed by atoms with van der Waals surface area (Å²) in [5.41, 5.74) is 7.48. The summed E-state index contributed by atoms with van der Waals surface area (Å²) >= 11 is 0. The standard InChI is InChI=1S/C26H25N5O2/c1-31(2)22-12-8-19(9-13-22)17-27-30-26(32)25-16-24(28-29-25)21-10-14-23(15-11-21)33-18-20-6-4-3-5-7-20/h3-17H,18H2,1-2H3,(H,28,29)(H,30,32)/b27-17+. The molecule has 0 aliphatic carbocycles. The lowest BCUT2D eigenvalue weighted by atomic mass is 10.1. The molecule has 1 heterocycles. The summed E-state index contributed by atoms with van der Waals surface area (Å²) in [6.07, 6.45) is 1.60. The number of hydrazone groups is 1. The number of hydrogen-bond donors (Lipinski definition) is 2. The third-order valence-electron chi connectivity index (χ3n) is 5.01. The monoisotopic (exact) mass is 439 g/mol. The van der Waals surface area contributed by atoms with E-state index in [9.17, 15) is 4.79 Å². The van der Waals surface area contributed by atoms with Crippen molar-refractivity contribution in [2.24, 2.45) is 5.10 Å². The predicted octanol–water partition coefficient (Wildman–Crippen LogP) is 4.49. The molecule has 166 valence electrons. The van der Waals surface area contributed by atoms with Gasteiger partial charge in [-0.1, -0.05) is 42.5 Å². The van der Waals surface area contributed by atoms with Crippen LogP contribution in [-0.4, -0.2) is 36.4 Å². The molecular formula is C26H25N5O2. The van der Waals surface area contributed by atoms with Crippen LogP contribution in [0.2, 0.25) is 0 Å². The molecule has 0 saturated carbocycles. The molecule has 33 heavy (non-hydrogen) atoms. The molecule has 0 radical (unpaired) electrons. The van der Waals surface area contributed by atoms with Crippen molar-refractivity contribution >= 4 is 17.8 Å². The first kappa shape index (κ1) is 21.8. The number of aromatic nitrogens is 2. The molecule has 4 rings (SSSR count). The molecule has 0 unspecified atom stereocenters. The first-order valence-electron chi connectivity index (χ1n) is 10.5. The molecule has 0 bridgehead atoms. The second-order valence-electron chi connectivity index (χ2n) is 7.65. The van der Waals surface area contributed by atoms with Crippen LogP contribution >= 0.6 is 0 Å². The predicted molar refractivity (Wildman–Crippen MR) is 131 cm³/mol. The quantitative estimate of drug-likeness (QED) is 0.313. The van der Waals surface area contributed by atoms with Crippen molar-refractivity contribution < 1.29 is 9.53 Å². The summed E-state index contributed by atoms with van der Waals surface area (Å²) in [4.78, 5) is 14.4. The second-order valence-corrected chi connectivity index (χ2v) is 7.65. The van der Waals surface area contributed by atoms with Gasteiger partial charge in [0, 0.05) is 25.3 Å². The third-order valence-corrected chi connectivity index (χ3v) is 5.01. The first-order valence-corrected chi connectivity index (χ1v) is 10.5. The van der Waals surface area contributed by atoms with Gasteiger partial charge in [-0.25, -0.2) is 5.43 Å². The molecule has 1 amide bonds. The summed E-state index contributed by atoms with van der Waals surface area (Å²) in [5, 5.41) is 11.0. The molecule has 1 aromatic heterocycles. The van der Waals surface area contributed by atoms with Crippen molar-refractivity contribution in [1.82, 2.24) is 15.6 Å². The van der Waals surface area contributed by atoms with Crippen molar-refractivity contribution in [3.63, 3.8) is 0 Å². The van der Waals surface area contributed by atoms with Crippen LogP contribution in [0.15, 0.2) is 90.0 Å². The minimum Gasteiger partial charge on any atom is -0.489 e. The lowest BCUT2D eigenvalue weighted by Crippen LogP contribution is -2.18. The number of H-pyrrole nitrogens is 1. The van der Waals surface area contributed by atoms with Gasteiger partial charge in [-0.3, -0.25) is 9.89 Å². The van der Waals surface area contributed by atoms with E-state index in [4.69, 9.17) is 4.74 Å². The number of carbonyl (C=O) groups is 1. The highest BCUT2D eigenvalue weighted by Gasteiger charge is 2.10. The Hall–Kier alpha value is -4.39. The van der Waals surface area contributed by atoms with Crippen LogP contribution in [-0.2, 0) is 6.61 Å². The minimum atomic E-state index is -0.363. The minimum absolute atomic E-state index is 0.328. The van der Waals surface area contributed by atoms with E-state index in [0.717, 1.165) is 28.1 Å². The number of nitrogens with one attached hydrogen (secondary N) is 2. The Morgan fingerprint density at radius 2 is 1.76 bits per heavy atom. The Labute approximate surface area is 192 Å². The van der Waals surface area contributed by atoms with Gasteiger partial charge in [0.1, 0.15) is 18.1 Å². The number of nitrogens with zero attached hydrogens (tertiary/aromatic N) is 3. The van der Waals surface area contributed by atoms with Crippen molar-refractivity contribution in [3.8, 4) is 17.0 Å². The molecule has 0 atom stereocenters. The number of aromatic amines is 1. The van der Waals surface area contributed by atoms with E-state index < -0.39 is 0 Å². The summed E-state index contributed by atoms with van der Waals surface area (Å²) in [6, 6.07) is 27.1. The molecule has 3 aromatic carbocycles. The average molecular weight is 440 g/mol. The molecule has 2 N–H and O–H groups in total. The van der Waals surface area contributed by atoms with Crippen LogP contribution in [0, 0.1) is 0 Å². The van der Waals surface area contributed by atoms with E-state index in [2.05, 4.69) is 20.7 Å². The van der Waals surface area contributed by atoms with Crippen molar-refractivity contribution in [3.05, 3.63) is 102 Å². The van der Waals surface area contributed by atoms with Gasteiger partial charge in [0.15, 0.2) is 0 Å². The van der Waals surface area contributed by atoms with Gasteiger partial charge < -0.3 is 9.64 Å². The molecule has 0 fully saturated rings. The Balaban J connectivity index is 1.32. The zero-order valence-corrected chi connectivity index (χ0v) is 18.5. The van der Waals surface area contributed by atoms with Crippen LogP contribution in [0.1, 0.15) is 21.6 Å².